The van der Waals surface area contributed by atoms with Gasteiger partial charge in [0.15, 0.2) is 11.5 Å². The number of amides is 1. The first-order valence-corrected chi connectivity index (χ1v) is 9.95. The predicted molar refractivity (Wildman–Crippen MR) is 116 cm³/mol. The summed E-state index contributed by atoms with van der Waals surface area (Å²) in [4.78, 5) is 38.7. The topological polar surface area (TPSA) is 144 Å². The van der Waals surface area contributed by atoms with E-state index in [0.29, 0.717) is 12.1 Å². The highest BCUT2D eigenvalue weighted by molar-refractivity contribution is 6.39. The fourth-order valence-electron chi connectivity index (χ4n) is 3.18. The summed E-state index contributed by atoms with van der Waals surface area (Å²) >= 11 is 12.6. The molecule has 158 valence electrons. The van der Waals surface area contributed by atoms with Crippen LogP contribution in [0.1, 0.15) is 35.7 Å². The number of hydrogen-bond donors (Lipinski definition) is 3. The molecule has 4 N–H and O–H groups in total. The van der Waals surface area contributed by atoms with Crippen LogP contribution in [0.2, 0.25) is 10.0 Å². The van der Waals surface area contributed by atoms with Crippen LogP contribution in [-0.2, 0) is 0 Å². The Morgan fingerprint density at radius 3 is 2.68 bits per heavy atom. The lowest BCUT2D eigenvalue weighted by atomic mass is 10.1. The van der Waals surface area contributed by atoms with Crippen molar-refractivity contribution >= 4 is 45.8 Å². The number of carbonyl (C=O) groups is 1. The van der Waals surface area contributed by atoms with Gasteiger partial charge in [-0.05, 0) is 18.6 Å². The largest absolute Gasteiger partial charge is 0.382 e. The quantitative estimate of drug-likeness (QED) is 0.416. The van der Waals surface area contributed by atoms with E-state index in [1.807, 2.05) is 6.92 Å². The fourth-order valence-corrected chi connectivity index (χ4v) is 3.62. The molecule has 31 heavy (non-hydrogen) atoms. The van der Waals surface area contributed by atoms with Gasteiger partial charge in [-0.3, -0.25) is 19.3 Å². The first kappa shape index (κ1) is 20.8. The van der Waals surface area contributed by atoms with Gasteiger partial charge in [0, 0.05) is 18.6 Å². The maximum atomic E-state index is 13.4. The summed E-state index contributed by atoms with van der Waals surface area (Å²) in [6.45, 7) is 1.83. The average molecular weight is 459 g/mol. The molecule has 10 nitrogen and oxygen atoms in total. The van der Waals surface area contributed by atoms with Crippen molar-refractivity contribution in [3.8, 4) is 5.69 Å². The van der Waals surface area contributed by atoms with Gasteiger partial charge in [0.2, 0.25) is 0 Å². The number of nitrogens with two attached hydrogens (primary N) is 1. The van der Waals surface area contributed by atoms with E-state index in [-0.39, 0.29) is 38.3 Å². The number of halogens is 2. The summed E-state index contributed by atoms with van der Waals surface area (Å²) in [5.41, 5.74) is 5.96. The minimum absolute atomic E-state index is 0.0108. The van der Waals surface area contributed by atoms with Crippen molar-refractivity contribution in [2.45, 2.75) is 19.4 Å². The molecule has 0 aliphatic carbocycles. The van der Waals surface area contributed by atoms with Gasteiger partial charge < -0.3 is 11.1 Å². The third-order valence-corrected chi connectivity index (χ3v) is 5.28. The molecule has 1 atom stereocenters. The minimum atomic E-state index is -0.684. The van der Waals surface area contributed by atoms with E-state index in [2.05, 4.69) is 30.5 Å². The van der Waals surface area contributed by atoms with Gasteiger partial charge in [0.25, 0.3) is 11.5 Å². The molecule has 4 rings (SSSR count). The number of carbonyl (C=O) groups excluding carboxylic acids is 1. The van der Waals surface area contributed by atoms with Gasteiger partial charge in [-0.15, -0.1) is 0 Å². The number of nitrogens with one attached hydrogen (secondary N) is 2. The van der Waals surface area contributed by atoms with Crippen LogP contribution in [0.15, 0.2) is 41.7 Å². The zero-order valence-electron chi connectivity index (χ0n) is 16.1. The maximum Gasteiger partial charge on any atom is 0.274 e. The molecule has 1 unspecified atom stereocenters. The summed E-state index contributed by atoms with van der Waals surface area (Å²) in [5, 5.41) is 10.0. The highest BCUT2D eigenvalue weighted by atomic mass is 35.5. The van der Waals surface area contributed by atoms with Gasteiger partial charge in [-0.2, -0.15) is 5.10 Å². The van der Waals surface area contributed by atoms with Crippen molar-refractivity contribution in [2.75, 3.05) is 5.73 Å². The van der Waals surface area contributed by atoms with Gasteiger partial charge in [-0.1, -0.05) is 30.1 Å². The number of fused-ring (bicyclic) bond motifs is 1. The molecule has 3 heterocycles. The Morgan fingerprint density at radius 2 is 2.00 bits per heavy atom. The maximum absolute atomic E-state index is 13.4. The molecule has 4 aromatic rings. The third-order valence-electron chi connectivity index (χ3n) is 4.66. The molecule has 0 spiro atoms. The summed E-state index contributed by atoms with van der Waals surface area (Å²) in [6, 6.07) is 2.41. The highest BCUT2D eigenvalue weighted by Crippen LogP contribution is 2.28. The molecule has 1 aromatic carbocycles. The summed E-state index contributed by atoms with van der Waals surface area (Å²) in [7, 11) is 0. The number of aromatic amines is 1. The summed E-state index contributed by atoms with van der Waals surface area (Å²) in [6.07, 6.45) is 6.15. The molecular formula is C19H16Cl2N8O2. The highest BCUT2D eigenvalue weighted by Gasteiger charge is 2.25. The third kappa shape index (κ3) is 3.71. The van der Waals surface area contributed by atoms with E-state index in [1.165, 1.54) is 35.4 Å². The van der Waals surface area contributed by atoms with Crippen molar-refractivity contribution in [1.29, 1.82) is 0 Å². The fraction of sp³-hybridized carbons (Fsp3) is 0.158. The second-order valence-corrected chi connectivity index (χ2v) is 7.36. The predicted octanol–water partition coefficient (Wildman–Crippen LogP) is 2.67. The normalized spacial score (nSPS) is 12.1. The minimum Gasteiger partial charge on any atom is -0.382 e. The van der Waals surface area contributed by atoms with Crippen LogP contribution in [0.5, 0.6) is 0 Å². The van der Waals surface area contributed by atoms with Gasteiger partial charge in [-0.25, -0.2) is 15.0 Å². The Morgan fingerprint density at radius 1 is 1.26 bits per heavy atom. The van der Waals surface area contributed by atoms with Crippen molar-refractivity contribution < 1.29 is 4.79 Å². The standard InChI is InChI=1S/C19H16Cl2N8O2/c1-2-12(27-18(30)15-16(22)24-6-5-23-15)17-28-14-11(21)4-3-10(20)13(14)19(31)29(17)9-7-25-26-8-9/h3-8,12H,2H2,1H3,(H2,22,24)(H,25,26)(H,27,30). The zero-order valence-corrected chi connectivity index (χ0v) is 17.6. The lowest BCUT2D eigenvalue weighted by Gasteiger charge is -2.21. The van der Waals surface area contributed by atoms with Crippen molar-refractivity contribution in [3.63, 3.8) is 0 Å². The second-order valence-electron chi connectivity index (χ2n) is 6.54. The van der Waals surface area contributed by atoms with Crippen LogP contribution in [-0.4, -0.2) is 35.6 Å². The van der Waals surface area contributed by atoms with Crippen molar-refractivity contribution in [1.82, 2.24) is 35.0 Å². The van der Waals surface area contributed by atoms with Crippen LogP contribution in [0, 0.1) is 0 Å². The monoisotopic (exact) mass is 458 g/mol. The van der Waals surface area contributed by atoms with Crippen LogP contribution >= 0.6 is 23.2 Å². The lowest BCUT2D eigenvalue weighted by Crippen LogP contribution is -2.35. The first-order chi connectivity index (χ1) is 14.9. The Labute approximate surface area is 185 Å². The van der Waals surface area contributed by atoms with Crippen LogP contribution in [0.4, 0.5) is 5.82 Å². The zero-order chi connectivity index (χ0) is 22.1. The Kier molecular flexibility index (Phi) is 5.57. The number of rotatable bonds is 5. The molecule has 0 radical (unpaired) electrons. The smallest absolute Gasteiger partial charge is 0.274 e. The number of H-pyrrole nitrogens is 1. The Bertz CT molecular complexity index is 1340. The van der Waals surface area contributed by atoms with E-state index in [4.69, 9.17) is 28.9 Å². The van der Waals surface area contributed by atoms with Crippen LogP contribution in [0.25, 0.3) is 16.6 Å². The van der Waals surface area contributed by atoms with Crippen molar-refractivity contribution in [2.24, 2.45) is 0 Å². The number of nitrogen functional groups attached to an aromatic ring is 1. The molecule has 0 saturated heterocycles. The van der Waals surface area contributed by atoms with E-state index < -0.39 is 17.5 Å². The molecule has 0 fully saturated rings. The van der Waals surface area contributed by atoms with Crippen LogP contribution in [0.3, 0.4) is 0 Å². The molecule has 1 amide bonds. The van der Waals surface area contributed by atoms with Gasteiger partial charge >= 0.3 is 0 Å². The van der Waals surface area contributed by atoms with E-state index >= 15 is 0 Å². The number of hydrogen-bond acceptors (Lipinski definition) is 7. The molecule has 12 heteroatoms. The number of benzene rings is 1. The number of aromatic nitrogens is 6. The second kappa shape index (κ2) is 8.32. The molecule has 3 aromatic heterocycles. The summed E-state index contributed by atoms with van der Waals surface area (Å²) < 4.78 is 1.34. The summed E-state index contributed by atoms with van der Waals surface area (Å²) in [5.74, 6) is -0.313. The molecule has 0 bridgehead atoms. The van der Waals surface area contributed by atoms with E-state index in [1.54, 1.807) is 6.07 Å². The Balaban J connectivity index is 1.91. The van der Waals surface area contributed by atoms with E-state index in [0.717, 1.165) is 0 Å². The van der Waals surface area contributed by atoms with Gasteiger partial charge in [0.1, 0.15) is 5.82 Å². The number of anilines is 1. The van der Waals surface area contributed by atoms with E-state index in [9.17, 15) is 9.59 Å². The molecule has 0 aliphatic rings. The molecular weight excluding hydrogens is 443 g/mol. The Hall–Kier alpha value is -3.50. The van der Waals surface area contributed by atoms with Crippen molar-refractivity contribution in [3.05, 3.63) is 68.8 Å². The first-order valence-electron chi connectivity index (χ1n) is 9.19. The SMILES string of the molecule is CCC(NC(=O)c1nccnc1N)c1nc2c(Cl)ccc(Cl)c2c(=O)n1-c1cn[nH]c1. The number of nitrogens with zero attached hydrogens (tertiary/aromatic N) is 5. The molecule has 0 saturated carbocycles. The molecule has 0 aliphatic heterocycles. The van der Waals surface area contributed by atoms with Gasteiger partial charge in [0.05, 0.1) is 38.9 Å². The lowest BCUT2D eigenvalue weighted by molar-refractivity contribution is 0.0929. The average Bonchev–Trinajstić information content (AvgIpc) is 3.28. The van der Waals surface area contributed by atoms with Crippen LogP contribution < -0.4 is 16.6 Å².